The Kier molecular flexibility index (Phi) is 3.36. The summed E-state index contributed by atoms with van der Waals surface area (Å²) >= 11 is 0. The maximum absolute atomic E-state index is 4.40. The fourth-order valence-electron chi connectivity index (χ4n) is 2.32. The monoisotopic (exact) mass is 231 g/mol. The van der Waals surface area contributed by atoms with Crippen molar-refractivity contribution in [3.05, 3.63) is 34.4 Å². The lowest BCUT2D eigenvalue weighted by atomic mass is 10.00. The van der Waals surface area contributed by atoms with Crippen LogP contribution in [0.2, 0.25) is 0 Å². The first kappa shape index (κ1) is 12.0. The Balaban J connectivity index is 2.04. The summed E-state index contributed by atoms with van der Waals surface area (Å²) in [6.07, 6.45) is 0. The Morgan fingerprint density at radius 2 is 1.94 bits per heavy atom. The summed E-state index contributed by atoms with van der Waals surface area (Å²) in [7, 11) is 0. The number of nitrogens with zero attached hydrogens (tertiary/aromatic N) is 1. The molecule has 0 saturated heterocycles. The summed E-state index contributed by atoms with van der Waals surface area (Å²) in [6.45, 7) is 10.3. The highest BCUT2D eigenvalue weighted by molar-refractivity contribution is 5.81. The van der Waals surface area contributed by atoms with E-state index in [1.54, 1.807) is 0 Å². The van der Waals surface area contributed by atoms with E-state index in [9.17, 15) is 0 Å². The number of hydrogen-bond donors (Lipinski definition) is 2. The highest BCUT2D eigenvalue weighted by Crippen LogP contribution is 2.16. The molecule has 3 heteroatoms. The molecule has 0 bridgehead atoms. The third-order valence-corrected chi connectivity index (χ3v) is 3.18. The number of nitrogens with one attached hydrogen (secondary N) is 2. The van der Waals surface area contributed by atoms with Gasteiger partial charge in [0.1, 0.15) is 0 Å². The highest BCUT2D eigenvalue weighted by atomic mass is 15.2. The van der Waals surface area contributed by atoms with Crippen LogP contribution in [0.15, 0.2) is 17.1 Å². The lowest BCUT2D eigenvalue weighted by molar-refractivity contribution is 0.712. The third-order valence-electron chi connectivity index (χ3n) is 3.18. The minimum atomic E-state index is 0.456. The molecule has 0 aliphatic carbocycles. The number of rotatable bonds is 2. The van der Waals surface area contributed by atoms with Crippen molar-refractivity contribution in [1.82, 2.24) is 10.6 Å². The molecule has 1 aromatic carbocycles. The maximum atomic E-state index is 4.40. The van der Waals surface area contributed by atoms with Crippen LogP contribution in [0.25, 0.3) is 0 Å². The molecule has 0 fully saturated rings. The molecule has 3 nitrogen and oxygen atoms in total. The summed E-state index contributed by atoms with van der Waals surface area (Å²) in [5, 5.41) is 6.68. The van der Waals surface area contributed by atoms with E-state index < -0.39 is 0 Å². The molecule has 92 valence electrons. The van der Waals surface area contributed by atoms with Gasteiger partial charge in [0.05, 0.1) is 6.54 Å². The number of guanidine groups is 1. The Labute approximate surface area is 103 Å². The number of aryl methyl sites for hydroxylation is 3. The summed E-state index contributed by atoms with van der Waals surface area (Å²) < 4.78 is 0. The van der Waals surface area contributed by atoms with Crippen molar-refractivity contribution >= 4 is 5.96 Å². The van der Waals surface area contributed by atoms with Crippen molar-refractivity contribution in [3.8, 4) is 0 Å². The highest BCUT2D eigenvalue weighted by Gasteiger charge is 2.12. The Morgan fingerprint density at radius 3 is 2.47 bits per heavy atom. The standard InChI is InChI=1S/C14H21N3/c1-9-5-10(2)13(11(3)6-9)8-16-14-15-7-12(4)17-14/h5-6,12H,7-8H2,1-4H3,(H2,15,16,17). The summed E-state index contributed by atoms with van der Waals surface area (Å²) in [4.78, 5) is 4.40. The quantitative estimate of drug-likeness (QED) is 0.817. The topological polar surface area (TPSA) is 36.4 Å². The normalized spacial score (nSPS) is 18.8. The van der Waals surface area contributed by atoms with Gasteiger partial charge >= 0.3 is 0 Å². The molecule has 2 N–H and O–H groups in total. The molecule has 1 atom stereocenters. The van der Waals surface area contributed by atoms with Crippen molar-refractivity contribution < 1.29 is 0 Å². The lowest BCUT2D eigenvalue weighted by Gasteiger charge is -2.13. The van der Waals surface area contributed by atoms with Crippen LogP contribution < -0.4 is 10.6 Å². The van der Waals surface area contributed by atoms with Crippen LogP contribution in [-0.4, -0.2) is 18.5 Å². The average Bonchev–Trinajstić information content (AvgIpc) is 2.62. The Bertz CT molecular complexity index is 426. The molecule has 0 spiro atoms. The molecule has 17 heavy (non-hydrogen) atoms. The summed E-state index contributed by atoms with van der Waals surface area (Å²) in [5.41, 5.74) is 5.40. The van der Waals surface area contributed by atoms with Crippen LogP contribution in [0, 0.1) is 20.8 Å². The molecule has 0 radical (unpaired) electrons. The van der Waals surface area contributed by atoms with E-state index in [0.29, 0.717) is 6.04 Å². The fourth-order valence-corrected chi connectivity index (χ4v) is 2.32. The van der Waals surface area contributed by atoms with Crippen molar-refractivity contribution in [1.29, 1.82) is 0 Å². The molecule has 2 rings (SSSR count). The molecular weight excluding hydrogens is 210 g/mol. The van der Waals surface area contributed by atoms with Crippen molar-refractivity contribution in [2.75, 3.05) is 6.54 Å². The van der Waals surface area contributed by atoms with Crippen LogP contribution >= 0.6 is 0 Å². The predicted molar refractivity (Wildman–Crippen MR) is 72.4 cm³/mol. The van der Waals surface area contributed by atoms with Gasteiger partial charge in [0.2, 0.25) is 0 Å². The van der Waals surface area contributed by atoms with Gasteiger partial charge < -0.3 is 10.6 Å². The van der Waals surface area contributed by atoms with E-state index in [0.717, 1.165) is 19.0 Å². The first-order valence-corrected chi connectivity index (χ1v) is 6.18. The van der Waals surface area contributed by atoms with Gasteiger partial charge in [-0.3, -0.25) is 4.99 Å². The molecule has 1 aliphatic heterocycles. The predicted octanol–water partition coefficient (Wildman–Crippen LogP) is 2.05. The van der Waals surface area contributed by atoms with Gasteiger partial charge in [-0.05, 0) is 44.4 Å². The van der Waals surface area contributed by atoms with Crippen LogP contribution in [0.4, 0.5) is 0 Å². The molecule has 0 aromatic heterocycles. The van der Waals surface area contributed by atoms with Crippen molar-refractivity contribution in [2.45, 2.75) is 40.3 Å². The molecule has 1 unspecified atom stereocenters. The van der Waals surface area contributed by atoms with Crippen LogP contribution in [0.1, 0.15) is 29.2 Å². The molecule has 0 amide bonds. The van der Waals surface area contributed by atoms with Crippen molar-refractivity contribution in [2.24, 2.45) is 4.99 Å². The zero-order chi connectivity index (χ0) is 12.4. The van der Waals surface area contributed by atoms with E-state index in [4.69, 9.17) is 0 Å². The second-order valence-electron chi connectivity index (χ2n) is 4.97. The van der Waals surface area contributed by atoms with Gasteiger partial charge in [-0.25, -0.2) is 0 Å². The molecular formula is C14H21N3. The number of aliphatic imine (C=N–C) groups is 1. The first-order chi connectivity index (χ1) is 8.06. The van der Waals surface area contributed by atoms with Gasteiger partial charge in [-0.2, -0.15) is 0 Å². The summed E-state index contributed by atoms with van der Waals surface area (Å²) in [5.74, 6) is 0.928. The molecule has 1 aromatic rings. The smallest absolute Gasteiger partial charge is 0.191 e. The Morgan fingerprint density at radius 1 is 1.29 bits per heavy atom. The largest absolute Gasteiger partial charge is 0.352 e. The van der Waals surface area contributed by atoms with Gasteiger partial charge in [-0.15, -0.1) is 0 Å². The minimum Gasteiger partial charge on any atom is -0.352 e. The zero-order valence-electron chi connectivity index (χ0n) is 11.1. The van der Waals surface area contributed by atoms with Crippen LogP contribution in [-0.2, 0) is 6.54 Å². The zero-order valence-corrected chi connectivity index (χ0v) is 11.1. The van der Waals surface area contributed by atoms with Gasteiger partial charge in [-0.1, -0.05) is 17.7 Å². The number of hydrogen-bond acceptors (Lipinski definition) is 3. The average molecular weight is 231 g/mol. The van der Waals surface area contributed by atoms with E-state index in [-0.39, 0.29) is 0 Å². The maximum Gasteiger partial charge on any atom is 0.191 e. The van der Waals surface area contributed by atoms with E-state index in [1.807, 2.05) is 0 Å². The summed E-state index contributed by atoms with van der Waals surface area (Å²) in [6, 6.07) is 4.92. The van der Waals surface area contributed by atoms with Crippen LogP contribution in [0.5, 0.6) is 0 Å². The van der Waals surface area contributed by atoms with E-state index >= 15 is 0 Å². The van der Waals surface area contributed by atoms with Crippen molar-refractivity contribution in [3.63, 3.8) is 0 Å². The van der Waals surface area contributed by atoms with Gasteiger partial charge in [0.15, 0.2) is 5.96 Å². The lowest BCUT2D eigenvalue weighted by Crippen LogP contribution is -2.37. The Hall–Kier alpha value is -1.51. The first-order valence-electron chi connectivity index (χ1n) is 6.18. The second kappa shape index (κ2) is 4.78. The number of benzene rings is 1. The SMILES string of the molecule is Cc1cc(C)c(CNC2=NCC(C)N2)c(C)c1. The minimum absolute atomic E-state index is 0.456. The second-order valence-corrected chi connectivity index (χ2v) is 4.97. The van der Waals surface area contributed by atoms with Crippen LogP contribution in [0.3, 0.4) is 0 Å². The molecule has 0 saturated carbocycles. The van der Waals surface area contributed by atoms with Gasteiger partial charge in [0, 0.05) is 12.6 Å². The molecule has 1 heterocycles. The molecule has 1 aliphatic rings. The third kappa shape index (κ3) is 2.78. The van der Waals surface area contributed by atoms with Gasteiger partial charge in [0.25, 0.3) is 0 Å². The van der Waals surface area contributed by atoms with E-state index in [2.05, 4.69) is 55.5 Å². The van der Waals surface area contributed by atoms with E-state index in [1.165, 1.54) is 22.3 Å². The fraction of sp³-hybridized carbons (Fsp3) is 0.500.